The summed E-state index contributed by atoms with van der Waals surface area (Å²) in [4.78, 5) is 2.37. The van der Waals surface area contributed by atoms with Gasteiger partial charge >= 0.3 is 0 Å². The van der Waals surface area contributed by atoms with E-state index in [1.807, 2.05) is 25.8 Å². The second-order valence-electron chi connectivity index (χ2n) is 4.68. The Morgan fingerprint density at radius 1 is 1.26 bits per heavy atom. The lowest BCUT2D eigenvalue weighted by molar-refractivity contribution is 0.283. The monoisotopic (exact) mass is 282 g/mol. The average Bonchev–Trinajstić information content (AvgIpc) is 2.37. The molecule has 0 radical (unpaired) electrons. The largest absolute Gasteiger partial charge is 0.396 e. The van der Waals surface area contributed by atoms with Crippen molar-refractivity contribution in [2.75, 3.05) is 25.1 Å². The number of hydrogen-bond acceptors (Lipinski definition) is 5. The summed E-state index contributed by atoms with van der Waals surface area (Å²) < 4.78 is 0. The number of aryl methyl sites for hydroxylation is 1. The Balaban J connectivity index is 2.87. The fourth-order valence-corrected chi connectivity index (χ4v) is 2.15. The summed E-state index contributed by atoms with van der Waals surface area (Å²) in [6.45, 7) is 4.94. The number of anilines is 1. The number of unbranched alkanes of at least 4 members (excludes halogenated alkanes) is 2. The molecule has 106 valence electrons. The molecule has 0 unspecified atom stereocenters. The smallest absolute Gasteiger partial charge is 0.161 e. The predicted octanol–water partition coefficient (Wildman–Crippen LogP) is 1.33. The Bertz CT molecular complexity index is 451. The van der Waals surface area contributed by atoms with Gasteiger partial charge in [0.2, 0.25) is 0 Å². The van der Waals surface area contributed by atoms with Gasteiger partial charge in [-0.05, 0) is 38.7 Å². The molecule has 0 fully saturated rings. The molecule has 1 rings (SSSR count). The highest BCUT2D eigenvalue weighted by Gasteiger charge is 2.16. The van der Waals surface area contributed by atoms with Gasteiger partial charge in [-0.2, -0.15) is 5.10 Å². The third-order valence-electron chi connectivity index (χ3n) is 3.20. The summed E-state index contributed by atoms with van der Waals surface area (Å²) in [7, 11) is 1.96. The maximum atomic E-state index is 8.76. The molecule has 0 spiro atoms. The van der Waals surface area contributed by atoms with Crippen LogP contribution in [0.25, 0.3) is 0 Å². The van der Waals surface area contributed by atoms with Crippen LogP contribution in [0.3, 0.4) is 0 Å². The van der Waals surface area contributed by atoms with Crippen molar-refractivity contribution in [2.24, 2.45) is 5.73 Å². The van der Waals surface area contributed by atoms with E-state index in [2.05, 4.69) is 10.2 Å². The molecule has 0 aliphatic carbocycles. The molecule has 0 saturated carbocycles. The van der Waals surface area contributed by atoms with Gasteiger partial charge in [0.25, 0.3) is 0 Å². The lowest BCUT2D eigenvalue weighted by atomic mass is 10.1. The van der Waals surface area contributed by atoms with E-state index in [-0.39, 0.29) is 6.61 Å². The van der Waals surface area contributed by atoms with Crippen LogP contribution < -0.4 is 10.6 Å². The molecule has 1 aromatic heterocycles. The van der Waals surface area contributed by atoms with Crippen LogP contribution in [0.2, 0.25) is 0 Å². The topological polar surface area (TPSA) is 75.3 Å². The molecule has 3 N–H and O–H groups in total. The van der Waals surface area contributed by atoms with Crippen LogP contribution in [0.4, 0.5) is 5.82 Å². The van der Waals surface area contributed by atoms with Gasteiger partial charge in [-0.25, -0.2) is 0 Å². The van der Waals surface area contributed by atoms with Crippen molar-refractivity contribution in [1.29, 1.82) is 0 Å². The van der Waals surface area contributed by atoms with Gasteiger partial charge in [0, 0.05) is 20.2 Å². The summed E-state index contributed by atoms with van der Waals surface area (Å²) in [6.07, 6.45) is 2.80. The van der Waals surface area contributed by atoms with E-state index in [1.165, 1.54) is 0 Å². The summed E-state index contributed by atoms with van der Waals surface area (Å²) in [5.41, 5.74) is 8.45. The van der Waals surface area contributed by atoms with Crippen molar-refractivity contribution >= 4 is 23.0 Å². The van der Waals surface area contributed by atoms with Crippen molar-refractivity contribution in [3.8, 4) is 0 Å². The second kappa shape index (κ2) is 7.35. The molecule has 0 aliphatic rings. The van der Waals surface area contributed by atoms with E-state index in [4.69, 9.17) is 23.1 Å². The first-order valence-electron chi connectivity index (χ1n) is 6.44. The van der Waals surface area contributed by atoms with Gasteiger partial charge in [-0.15, -0.1) is 5.10 Å². The van der Waals surface area contributed by atoms with Gasteiger partial charge < -0.3 is 15.7 Å². The molecule has 0 atom stereocenters. The molecule has 0 amide bonds. The van der Waals surface area contributed by atoms with Crippen LogP contribution in [-0.4, -0.2) is 40.5 Å². The number of rotatable bonds is 7. The fraction of sp³-hybridized carbons (Fsp3) is 0.615. The molecule has 6 heteroatoms. The maximum Gasteiger partial charge on any atom is 0.161 e. The van der Waals surface area contributed by atoms with Crippen LogP contribution in [0.1, 0.15) is 36.1 Å². The van der Waals surface area contributed by atoms with Gasteiger partial charge in [-0.1, -0.05) is 12.2 Å². The minimum absolute atomic E-state index is 0.241. The van der Waals surface area contributed by atoms with Crippen molar-refractivity contribution in [2.45, 2.75) is 33.1 Å². The first-order chi connectivity index (χ1) is 8.99. The van der Waals surface area contributed by atoms with Crippen LogP contribution in [0, 0.1) is 13.8 Å². The number of aromatic nitrogens is 2. The fourth-order valence-electron chi connectivity index (χ4n) is 1.90. The Hall–Kier alpha value is -1.27. The molecule has 1 aromatic rings. The molecule has 1 heterocycles. The third-order valence-corrected chi connectivity index (χ3v) is 3.40. The predicted molar refractivity (Wildman–Crippen MR) is 81.6 cm³/mol. The Labute approximate surface area is 119 Å². The average molecular weight is 282 g/mol. The minimum Gasteiger partial charge on any atom is -0.396 e. The van der Waals surface area contributed by atoms with Gasteiger partial charge in [-0.3, -0.25) is 0 Å². The van der Waals surface area contributed by atoms with Crippen LogP contribution in [0.15, 0.2) is 0 Å². The number of aliphatic hydroxyl groups is 1. The maximum absolute atomic E-state index is 8.76. The van der Waals surface area contributed by atoms with E-state index < -0.39 is 0 Å². The Kier molecular flexibility index (Phi) is 6.11. The number of aliphatic hydroxyl groups excluding tert-OH is 1. The highest BCUT2D eigenvalue weighted by atomic mass is 32.1. The lowest BCUT2D eigenvalue weighted by Gasteiger charge is -2.21. The number of nitrogens with zero attached hydrogens (tertiary/aromatic N) is 3. The van der Waals surface area contributed by atoms with Crippen LogP contribution in [0.5, 0.6) is 0 Å². The molecule has 19 heavy (non-hydrogen) atoms. The lowest BCUT2D eigenvalue weighted by Crippen LogP contribution is -2.26. The van der Waals surface area contributed by atoms with Crippen molar-refractivity contribution < 1.29 is 5.11 Å². The normalized spacial score (nSPS) is 10.5. The number of nitrogens with two attached hydrogens (primary N) is 1. The van der Waals surface area contributed by atoms with Crippen LogP contribution >= 0.6 is 12.2 Å². The third kappa shape index (κ3) is 4.11. The van der Waals surface area contributed by atoms with Gasteiger partial charge in [0.05, 0.1) is 11.3 Å². The minimum atomic E-state index is 0.241. The Morgan fingerprint density at radius 3 is 2.53 bits per heavy atom. The van der Waals surface area contributed by atoms with Crippen molar-refractivity contribution in [1.82, 2.24) is 10.2 Å². The Morgan fingerprint density at radius 2 is 1.95 bits per heavy atom. The quantitative estimate of drug-likeness (QED) is 0.580. The zero-order valence-electron chi connectivity index (χ0n) is 11.8. The molecule has 5 nitrogen and oxygen atoms in total. The SMILES string of the molecule is Cc1nnc(N(C)CCCCCO)c(C(N)=S)c1C. The van der Waals surface area contributed by atoms with Gasteiger partial charge in [0.1, 0.15) is 4.99 Å². The summed E-state index contributed by atoms with van der Waals surface area (Å²) in [6, 6.07) is 0. The first kappa shape index (κ1) is 15.8. The molecular weight excluding hydrogens is 260 g/mol. The highest BCUT2D eigenvalue weighted by Crippen LogP contribution is 2.21. The molecule has 0 aromatic carbocycles. The van der Waals surface area contributed by atoms with E-state index in [9.17, 15) is 0 Å². The molecule has 0 bridgehead atoms. The summed E-state index contributed by atoms with van der Waals surface area (Å²) >= 11 is 5.12. The standard InChI is InChI=1S/C13H22N4OS/c1-9-10(2)15-16-13(11(9)12(14)19)17(3)7-5-4-6-8-18/h18H,4-8H2,1-3H3,(H2,14,19). The van der Waals surface area contributed by atoms with E-state index >= 15 is 0 Å². The summed E-state index contributed by atoms with van der Waals surface area (Å²) in [5.74, 6) is 0.736. The molecule has 0 saturated heterocycles. The molecule has 0 aliphatic heterocycles. The van der Waals surface area contributed by atoms with E-state index in [1.54, 1.807) is 0 Å². The highest BCUT2D eigenvalue weighted by molar-refractivity contribution is 7.80. The zero-order valence-corrected chi connectivity index (χ0v) is 12.6. The van der Waals surface area contributed by atoms with E-state index in [0.717, 1.165) is 48.4 Å². The van der Waals surface area contributed by atoms with Gasteiger partial charge in [0.15, 0.2) is 5.82 Å². The second-order valence-corrected chi connectivity index (χ2v) is 5.12. The van der Waals surface area contributed by atoms with Crippen molar-refractivity contribution in [3.05, 3.63) is 16.8 Å². The number of thiocarbonyl (C=S) groups is 1. The zero-order chi connectivity index (χ0) is 14.4. The summed E-state index contributed by atoms with van der Waals surface area (Å²) in [5, 5.41) is 17.1. The van der Waals surface area contributed by atoms with E-state index in [0.29, 0.717) is 4.99 Å². The molecular formula is C13H22N4OS. The van der Waals surface area contributed by atoms with Crippen LogP contribution in [-0.2, 0) is 0 Å². The van der Waals surface area contributed by atoms with Crippen molar-refractivity contribution in [3.63, 3.8) is 0 Å². The number of hydrogen-bond donors (Lipinski definition) is 2. The first-order valence-corrected chi connectivity index (χ1v) is 6.85.